The molecule has 0 aliphatic rings. The van der Waals surface area contributed by atoms with Gasteiger partial charge in [0.25, 0.3) is 0 Å². The van der Waals surface area contributed by atoms with Gasteiger partial charge in [0.05, 0.1) is 6.54 Å². The Balaban J connectivity index is 2.97. The minimum absolute atomic E-state index is 0.0378. The fourth-order valence-corrected chi connectivity index (χ4v) is 1.52. The van der Waals surface area contributed by atoms with E-state index in [-0.39, 0.29) is 11.7 Å². The van der Waals surface area contributed by atoms with E-state index in [1.807, 2.05) is 13.8 Å². The third kappa shape index (κ3) is 3.96. The second kappa shape index (κ2) is 6.25. The predicted octanol–water partition coefficient (Wildman–Crippen LogP) is 2.29. The van der Waals surface area contributed by atoms with Crippen molar-refractivity contribution in [2.75, 3.05) is 24.2 Å². The Bertz CT molecular complexity index is 463. The first-order valence-electron chi connectivity index (χ1n) is 6.21. The standard InChI is InChI=1S/C12H19F3N4O/c1-6(2)9-18-10(16-4)7(3)11(19-9)17-5-8(20)12(13,14)15/h6,8,20H,5H2,1-4H3,(H2,16,17,18,19). The molecule has 1 atom stereocenters. The van der Waals surface area contributed by atoms with Crippen molar-refractivity contribution >= 4 is 11.6 Å². The van der Waals surface area contributed by atoms with Crippen LogP contribution in [0.15, 0.2) is 0 Å². The maximum absolute atomic E-state index is 12.3. The van der Waals surface area contributed by atoms with Crippen molar-refractivity contribution in [2.24, 2.45) is 0 Å². The molecule has 1 heterocycles. The fourth-order valence-electron chi connectivity index (χ4n) is 1.52. The van der Waals surface area contributed by atoms with Gasteiger partial charge >= 0.3 is 6.18 Å². The van der Waals surface area contributed by atoms with Crippen molar-refractivity contribution in [3.8, 4) is 0 Å². The molecular weight excluding hydrogens is 273 g/mol. The summed E-state index contributed by atoms with van der Waals surface area (Å²) >= 11 is 0. The smallest absolute Gasteiger partial charge is 0.382 e. The number of nitrogens with one attached hydrogen (secondary N) is 2. The van der Waals surface area contributed by atoms with Crippen LogP contribution in [0.3, 0.4) is 0 Å². The third-order valence-electron chi connectivity index (χ3n) is 2.76. The lowest BCUT2D eigenvalue weighted by molar-refractivity contribution is -0.198. The lowest BCUT2D eigenvalue weighted by Crippen LogP contribution is -2.35. The van der Waals surface area contributed by atoms with Crippen LogP contribution in [0, 0.1) is 6.92 Å². The van der Waals surface area contributed by atoms with Crippen LogP contribution >= 0.6 is 0 Å². The summed E-state index contributed by atoms with van der Waals surface area (Å²) < 4.78 is 36.8. The van der Waals surface area contributed by atoms with Crippen molar-refractivity contribution in [1.29, 1.82) is 0 Å². The number of aromatic nitrogens is 2. The summed E-state index contributed by atoms with van der Waals surface area (Å²) in [6.07, 6.45) is -7.09. The van der Waals surface area contributed by atoms with Crippen LogP contribution in [-0.2, 0) is 0 Å². The maximum atomic E-state index is 12.3. The van der Waals surface area contributed by atoms with Crippen LogP contribution in [0.25, 0.3) is 0 Å². The monoisotopic (exact) mass is 292 g/mol. The molecule has 1 aromatic rings. The number of rotatable bonds is 5. The number of anilines is 2. The predicted molar refractivity (Wildman–Crippen MR) is 71.0 cm³/mol. The number of aliphatic hydroxyl groups is 1. The largest absolute Gasteiger partial charge is 0.416 e. The quantitative estimate of drug-likeness (QED) is 0.777. The third-order valence-corrected chi connectivity index (χ3v) is 2.76. The van der Waals surface area contributed by atoms with Crippen molar-refractivity contribution in [2.45, 2.75) is 39.0 Å². The van der Waals surface area contributed by atoms with Crippen LogP contribution in [-0.4, -0.2) is 40.9 Å². The van der Waals surface area contributed by atoms with Gasteiger partial charge in [0.1, 0.15) is 17.5 Å². The Labute approximate surface area is 115 Å². The van der Waals surface area contributed by atoms with E-state index in [1.165, 1.54) is 0 Å². The second-order valence-electron chi connectivity index (χ2n) is 4.75. The molecule has 3 N–H and O–H groups in total. The summed E-state index contributed by atoms with van der Waals surface area (Å²) in [5.74, 6) is 1.39. The lowest BCUT2D eigenvalue weighted by Gasteiger charge is -2.18. The highest BCUT2D eigenvalue weighted by Gasteiger charge is 2.38. The van der Waals surface area contributed by atoms with Gasteiger partial charge in [0, 0.05) is 18.5 Å². The average Bonchev–Trinajstić information content (AvgIpc) is 2.35. The molecule has 0 aliphatic heterocycles. The average molecular weight is 292 g/mol. The molecule has 0 saturated carbocycles. The molecule has 0 saturated heterocycles. The van der Waals surface area contributed by atoms with Gasteiger partial charge in [-0.3, -0.25) is 0 Å². The molecule has 0 bridgehead atoms. The molecule has 0 fully saturated rings. The molecule has 0 aromatic carbocycles. The van der Waals surface area contributed by atoms with Crippen LogP contribution in [0.1, 0.15) is 31.2 Å². The Morgan fingerprint density at radius 3 is 2.20 bits per heavy atom. The normalized spacial score (nSPS) is 13.4. The summed E-state index contributed by atoms with van der Waals surface area (Å²) in [5.41, 5.74) is 0.603. The van der Waals surface area contributed by atoms with Crippen molar-refractivity contribution in [1.82, 2.24) is 9.97 Å². The second-order valence-corrected chi connectivity index (χ2v) is 4.75. The van der Waals surface area contributed by atoms with E-state index in [4.69, 9.17) is 5.11 Å². The summed E-state index contributed by atoms with van der Waals surface area (Å²) in [6.45, 7) is 4.82. The zero-order chi connectivity index (χ0) is 15.5. The first-order chi connectivity index (χ1) is 9.16. The zero-order valence-electron chi connectivity index (χ0n) is 11.8. The first-order valence-corrected chi connectivity index (χ1v) is 6.21. The minimum atomic E-state index is -4.65. The number of halogens is 3. The van der Waals surface area contributed by atoms with E-state index in [2.05, 4.69) is 20.6 Å². The molecule has 0 amide bonds. The summed E-state index contributed by atoms with van der Waals surface area (Å²) in [4.78, 5) is 8.47. The van der Waals surface area contributed by atoms with Gasteiger partial charge in [-0.15, -0.1) is 0 Å². The number of alkyl halides is 3. The first kappa shape index (κ1) is 16.5. The number of nitrogens with zero attached hydrogens (tertiary/aromatic N) is 2. The fraction of sp³-hybridized carbons (Fsp3) is 0.667. The number of hydrogen-bond donors (Lipinski definition) is 3. The molecule has 1 aromatic heterocycles. The van der Waals surface area contributed by atoms with Crippen molar-refractivity contribution < 1.29 is 18.3 Å². The van der Waals surface area contributed by atoms with E-state index in [1.54, 1.807) is 14.0 Å². The van der Waals surface area contributed by atoms with Gasteiger partial charge < -0.3 is 15.7 Å². The van der Waals surface area contributed by atoms with Crippen LogP contribution < -0.4 is 10.6 Å². The van der Waals surface area contributed by atoms with Gasteiger partial charge in [-0.25, -0.2) is 9.97 Å². The van der Waals surface area contributed by atoms with Gasteiger partial charge in [-0.1, -0.05) is 13.8 Å². The summed E-state index contributed by atoms with van der Waals surface area (Å²) in [5, 5.41) is 14.4. The minimum Gasteiger partial charge on any atom is -0.382 e. The molecule has 20 heavy (non-hydrogen) atoms. The molecular formula is C12H19F3N4O. The Morgan fingerprint density at radius 2 is 1.75 bits per heavy atom. The van der Waals surface area contributed by atoms with Gasteiger partial charge in [-0.05, 0) is 6.92 Å². The summed E-state index contributed by atoms with van der Waals surface area (Å²) in [7, 11) is 1.67. The Hall–Kier alpha value is -1.57. The molecule has 0 radical (unpaired) electrons. The zero-order valence-corrected chi connectivity index (χ0v) is 11.8. The van der Waals surface area contributed by atoms with Gasteiger partial charge in [0.15, 0.2) is 6.10 Å². The van der Waals surface area contributed by atoms with Crippen LogP contribution in [0.5, 0.6) is 0 Å². The molecule has 1 unspecified atom stereocenters. The molecule has 5 nitrogen and oxygen atoms in total. The highest BCUT2D eigenvalue weighted by Crippen LogP contribution is 2.24. The van der Waals surface area contributed by atoms with Gasteiger partial charge in [0.2, 0.25) is 0 Å². The van der Waals surface area contributed by atoms with E-state index < -0.39 is 18.8 Å². The molecule has 1 rings (SSSR count). The maximum Gasteiger partial charge on any atom is 0.416 e. The van der Waals surface area contributed by atoms with E-state index >= 15 is 0 Å². The molecule has 114 valence electrons. The Kier molecular flexibility index (Phi) is 5.15. The van der Waals surface area contributed by atoms with E-state index in [0.717, 1.165) is 0 Å². The Morgan fingerprint density at radius 1 is 1.20 bits per heavy atom. The van der Waals surface area contributed by atoms with Gasteiger partial charge in [-0.2, -0.15) is 13.2 Å². The topological polar surface area (TPSA) is 70.1 Å². The van der Waals surface area contributed by atoms with Crippen molar-refractivity contribution in [3.05, 3.63) is 11.4 Å². The molecule has 0 aliphatic carbocycles. The molecule has 0 spiro atoms. The van der Waals surface area contributed by atoms with E-state index in [9.17, 15) is 13.2 Å². The number of hydrogen-bond acceptors (Lipinski definition) is 5. The number of aliphatic hydroxyl groups excluding tert-OH is 1. The highest BCUT2D eigenvalue weighted by molar-refractivity contribution is 5.57. The van der Waals surface area contributed by atoms with Crippen LogP contribution in [0.4, 0.5) is 24.8 Å². The lowest BCUT2D eigenvalue weighted by atomic mass is 10.2. The SMILES string of the molecule is CNc1nc(C(C)C)nc(NCC(O)C(F)(F)F)c1C. The van der Waals surface area contributed by atoms with Crippen molar-refractivity contribution in [3.63, 3.8) is 0 Å². The molecule has 8 heteroatoms. The van der Waals surface area contributed by atoms with Crippen LogP contribution in [0.2, 0.25) is 0 Å². The highest BCUT2D eigenvalue weighted by atomic mass is 19.4. The van der Waals surface area contributed by atoms with E-state index in [0.29, 0.717) is 17.2 Å². The summed E-state index contributed by atoms with van der Waals surface area (Å²) in [6, 6.07) is 0.